The van der Waals surface area contributed by atoms with Gasteiger partial charge in [-0.05, 0) is 74.3 Å². The van der Waals surface area contributed by atoms with E-state index in [1.807, 2.05) is 6.07 Å². The van der Waals surface area contributed by atoms with Crippen LogP contribution in [0, 0.1) is 0 Å². The van der Waals surface area contributed by atoms with E-state index in [0.717, 1.165) is 30.6 Å². The Morgan fingerprint density at radius 1 is 0.973 bits per heavy atom. The van der Waals surface area contributed by atoms with E-state index in [9.17, 15) is 8.42 Å². The number of nitrogens with one attached hydrogen (secondary N) is 1. The van der Waals surface area contributed by atoms with Crippen molar-refractivity contribution in [1.29, 1.82) is 0 Å². The molecule has 3 N–H and O–H groups in total. The van der Waals surface area contributed by atoms with Crippen molar-refractivity contribution in [3.05, 3.63) is 57.6 Å². The number of nitrogens with two attached hydrogens (primary N) is 1. The Hall–Kier alpha value is -1.43. The molecule has 4 rings (SSSR count). The molecule has 0 bridgehead atoms. The second kappa shape index (κ2) is 13.6. The molecular formula is C26H35Cl2N3O5S. The van der Waals surface area contributed by atoms with Crippen LogP contribution in [0.5, 0.6) is 5.75 Å². The first-order valence-corrected chi connectivity index (χ1v) is 15.0. The highest BCUT2D eigenvalue weighted by Gasteiger charge is 2.39. The molecule has 11 heteroatoms. The zero-order valence-electron chi connectivity index (χ0n) is 20.8. The minimum absolute atomic E-state index is 0.150. The van der Waals surface area contributed by atoms with Crippen molar-refractivity contribution in [2.45, 2.75) is 42.7 Å². The Balaban J connectivity index is 1.39. The number of piperidine rings is 1. The lowest BCUT2D eigenvalue weighted by molar-refractivity contribution is 0.0530. The first-order valence-electron chi connectivity index (χ1n) is 12.7. The zero-order chi connectivity index (χ0) is 26.3. The predicted molar refractivity (Wildman–Crippen MR) is 145 cm³/mol. The topological polar surface area (TPSA) is 103 Å². The number of rotatable bonds is 13. The molecule has 0 radical (unpaired) electrons. The monoisotopic (exact) mass is 571 g/mol. The fourth-order valence-electron chi connectivity index (χ4n) is 4.91. The highest BCUT2D eigenvalue weighted by atomic mass is 35.5. The minimum atomic E-state index is -3.67. The van der Waals surface area contributed by atoms with Gasteiger partial charge in [0.05, 0.1) is 37.4 Å². The Morgan fingerprint density at radius 3 is 2.38 bits per heavy atom. The summed E-state index contributed by atoms with van der Waals surface area (Å²) in [4.78, 5) is 2.64. The summed E-state index contributed by atoms with van der Waals surface area (Å²) in [5.41, 5.74) is 7.42. The van der Waals surface area contributed by atoms with Gasteiger partial charge in [-0.2, -0.15) is 0 Å². The van der Waals surface area contributed by atoms with E-state index in [2.05, 4.69) is 9.62 Å². The molecule has 1 heterocycles. The van der Waals surface area contributed by atoms with Crippen LogP contribution in [0.25, 0.3) is 0 Å². The molecule has 0 saturated carbocycles. The fourth-order valence-corrected chi connectivity index (χ4v) is 6.51. The van der Waals surface area contributed by atoms with Crippen LogP contribution >= 0.6 is 23.2 Å². The average Bonchev–Trinajstić information content (AvgIpc) is 3.25. The van der Waals surface area contributed by atoms with Crippen molar-refractivity contribution in [2.75, 3.05) is 52.6 Å². The SMILES string of the molecule is NCCOCCOCCNS(=O)(=O)c1ccc(O[C@H]2c3cc(Cl)cc(Cl)c3C[C@@H]2N2CCCCC2)cc1. The molecule has 0 aromatic heterocycles. The number of ether oxygens (including phenoxy) is 3. The largest absolute Gasteiger partial charge is 0.484 e. The summed E-state index contributed by atoms with van der Waals surface area (Å²) in [6.45, 7) is 4.20. The molecule has 1 aliphatic carbocycles. The van der Waals surface area contributed by atoms with E-state index >= 15 is 0 Å². The standard InChI is InChI=1S/C26H35Cl2N3O5S/c27-19-16-23-22(24(28)17-19)18-25(31-10-2-1-3-11-31)26(23)36-20-4-6-21(7-5-20)37(32,33)30-9-13-35-15-14-34-12-8-29/h4-7,16-17,25-26,30H,1-3,8-15,18,29H2/t25-,26-/m0/s1. The van der Waals surface area contributed by atoms with Gasteiger partial charge in [-0.1, -0.05) is 29.6 Å². The highest BCUT2D eigenvalue weighted by molar-refractivity contribution is 7.89. The Labute approximate surface area is 229 Å². The van der Waals surface area contributed by atoms with E-state index in [1.165, 1.54) is 19.3 Å². The summed E-state index contributed by atoms with van der Waals surface area (Å²) < 4.78 is 45.0. The Bertz CT molecular complexity index is 1130. The molecule has 0 unspecified atom stereocenters. The molecule has 0 amide bonds. The fraction of sp³-hybridized carbons (Fsp3) is 0.538. The molecule has 2 atom stereocenters. The van der Waals surface area contributed by atoms with E-state index in [0.29, 0.717) is 42.2 Å². The molecular weight excluding hydrogens is 537 g/mol. The predicted octanol–water partition coefficient (Wildman–Crippen LogP) is 3.79. The van der Waals surface area contributed by atoms with Crippen LogP contribution in [0.4, 0.5) is 0 Å². The van der Waals surface area contributed by atoms with Gasteiger partial charge in [-0.15, -0.1) is 0 Å². The Morgan fingerprint density at radius 2 is 1.68 bits per heavy atom. The summed E-state index contributed by atoms with van der Waals surface area (Å²) in [5, 5.41) is 1.24. The van der Waals surface area contributed by atoms with Gasteiger partial charge in [0, 0.05) is 28.7 Å². The first-order chi connectivity index (χ1) is 17.9. The maximum atomic E-state index is 12.7. The molecule has 2 aromatic carbocycles. The lowest BCUT2D eigenvalue weighted by atomic mass is 10.0. The molecule has 37 heavy (non-hydrogen) atoms. The summed E-state index contributed by atoms with van der Waals surface area (Å²) in [6, 6.07) is 10.4. The van der Waals surface area contributed by atoms with Crippen molar-refractivity contribution in [3.8, 4) is 5.75 Å². The number of halogens is 2. The van der Waals surface area contributed by atoms with Crippen LogP contribution in [0.15, 0.2) is 41.3 Å². The van der Waals surface area contributed by atoms with E-state index in [4.69, 9.17) is 43.1 Å². The zero-order valence-corrected chi connectivity index (χ0v) is 23.2. The van der Waals surface area contributed by atoms with Gasteiger partial charge in [-0.3, -0.25) is 4.90 Å². The lowest BCUT2D eigenvalue weighted by Crippen LogP contribution is -2.43. The third kappa shape index (κ3) is 7.58. The first kappa shape index (κ1) is 28.6. The number of likely N-dealkylation sites (tertiary alicyclic amines) is 1. The highest BCUT2D eigenvalue weighted by Crippen LogP contribution is 2.43. The minimum Gasteiger partial charge on any atom is -0.484 e. The molecule has 0 spiro atoms. The number of nitrogens with zero attached hydrogens (tertiary/aromatic N) is 1. The van der Waals surface area contributed by atoms with Gasteiger partial charge in [0.2, 0.25) is 10.0 Å². The number of fused-ring (bicyclic) bond motifs is 1. The number of hydrogen-bond donors (Lipinski definition) is 2. The van der Waals surface area contributed by atoms with Gasteiger partial charge in [0.1, 0.15) is 11.9 Å². The second-order valence-electron chi connectivity index (χ2n) is 9.24. The normalized spacial score (nSPS) is 20.2. The quantitative estimate of drug-likeness (QED) is 0.352. The summed E-state index contributed by atoms with van der Waals surface area (Å²) >= 11 is 12.9. The van der Waals surface area contributed by atoms with Crippen LogP contribution in [0.1, 0.15) is 36.5 Å². The smallest absolute Gasteiger partial charge is 0.240 e. The van der Waals surface area contributed by atoms with Crippen molar-refractivity contribution in [1.82, 2.24) is 9.62 Å². The summed E-state index contributed by atoms with van der Waals surface area (Å²) in [7, 11) is -3.67. The van der Waals surface area contributed by atoms with Crippen molar-refractivity contribution < 1.29 is 22.6 Å². The summed E-state index contributed by atoms with van der Waals surface area (Å²) in [6.07, 6.45) is 4.14. The number of sulfonamides is 1. The van der Waals surface area contributed by atoms with Crippen molar-refractivity contribution >= 4 is 33.2 Å². The van der Waals surface area contributed by atoms with Crippen molar-refractivity contribution in [3.63, 3.8) is 0 Å². The maximum absolute atomic E-state index is 12.7. The van der Waals surface area contributed by atoms with Crippen LogP contribution in [-0.2, 0) is 25.9 Å². The maximum Gasteiger partial charge on any atom is 0.240 e. The van der Waals surface area contributed by atoms with Crippen LogP contribution in [-0.4, -0.2) is 72.0 Å². The van der Waals surface area contributed by atoms with E-state index < -0.39 is 10.0 Å². The van der Waals surface area contributed by atoms with Crippen LogP contribution in [0.3, 0.4) is 0 Å². The molecule has 2 aromatic rings. The second-order valence-corrected chi connectivity index (χ2v) is 11.9. The number of benzene rings is 2. The Kier molecular flexibility index (Phi) is 10.5. The van der Waals surface area contributed by atoms with Crippen LogP contribution < -0.4 is 15.2 Å². The van der Waals surface area contributed by atoms with Gasteiger partial charge in [0.25, 0.3) is 0 Å². The molecule has 2 aliphatic rings. The van der Waals surface area contributed by atoms with Gasteiger partial charge >= 0.3 is 0 Å². The molecule has 8 nitrogen and oxygen atoms in total. The molecule has 204 valence electrons. The van der Waals surface area contributed by atoms with Crippen molar-refractivity contribution in [2.24, 2.45) is 5.73 Å². The average molecular weight is 573 g/mol. The molecule has 1 fully saturated rings. The van der Waals surface area contributed by atoms with E-state index in [1.54, 1.807) is 30.3 Å². The third-order valence-corrected chi connectivity index (χ3v) is 8.73. The van der Waals surface area contributed by atoms with Gasteiger partial charge in [-0.25, -0.2) is 13.1 Å². The molecule has 1 aliphatic heterocycles. The van der Waals surface area contributed by atoms with Gasteiger partial charge < -0.3 is 19.9 Å². The lowest BCUT2D eigenvalue weighted by Gasteiger charge is -2.35. The van der Waals surface area contributed by atoms with Gasteiger partial charge in [0.15, 0.2) is 0 Å². The third-order valence-electron chi connectivity index (χ3n) is 6.69. The number of hydrogen-bond acceptors (Lipinski definition) is 7. The molecule has 1 saturated heterocycles. The summed E-state index contributed by atoms with van der Waals surface area (Å²) in [5.74, 6) is 0.593. The van der Waals surface area contributed by atoms with Crippen LogP contribution in [0.2, 0.25) is 10.0 Å². The van der Waals surface area contributed by atoms with E-state index in [-0.39, 0.29) is 30.2 Å².